The molecule has 4 nitrogen and oxygen atoms in total. The first-order chi connectivity index (χ1) is 12.7. The summed E-state index contributed by atoms with van der Waals surface area (Å²) in [7, 11) is 0. The van der Waals surface area contributed by atoms with Gasteiger partial charge >= 0.3 is 0 Å². The van der Waals surface area contributed by atoms with Crippen LogP contribution in [0.4, 0.5) is 5.69 Å². The van der Waals surface area contributed by atoms with E-state index in [2.05, 4.69) is 38.3 Å². The van der Waals surface area contributed by atoms with Crippen molar-refractivity contribution in [1.29, 1.82) is 0 Å². The quantitative estimate of drug-likeness (QED) is 0.735. The molecule has 0 spiro atoms. The lowest BCUT2D eigenvalue weighted by Crippen LogP contribution is -3.06. The van der Waals surface area contributed by atoms with Crippen molar-refractivity contribution in [2.75, 3.05) is 5.32 Å². The molecule has 2 aliphatic rings. The van der Waals surface area contributed by atoms with Crippen molar-refractivity contribution in [1.82, 2.24) is 0 Å². The number of quaternary nitrogens is 1. The maximum atomic E-state index is 13.2. The van der Waals surface area contributed by atoms with Gasteiger partial charge in [-0.2, -0.15) is 0 Å². The molecule has 1 fully saturated rings. The fraction of sp³-hybridized carbons (Fsp3) is 0.391. The Morgan fingerprint density at radius 1 is 0.815 bits per heavy atom. The standard InChI is InChI=1S/C23H26N2O2/c1-22(2)12-14(13-23(3,4)25-22)24-18-11-7-10-17-19(18)21(27)16-9-6-5-8-15(16)20(17)26/h5-11,14,24-25H,12-13H2,1-4H3/p+1. The van der Waals surface area contributed by atoms with Crippen molar-refractivity contribution in [2.45, 2.75) is 57.7 Å². The summed E-state index contributed by atoms with van der Waals surface area (Å²) in [6.45, 7) is 9.03. The molecule has 1 aliphatic heterocycles. The molecular formula is C23H27N2O2+. The summed E-state index contributed by atoms with van der Waals surface area (Å²) in [5, 5.41) is 6.04. The summed E-state index contributed by atoms with van der Waals surface area (Å²) in [4.78, 5) is 26.1. The van der Waals surface area contributed by atoms with E-state index in [1.807, 2.05) is 18.2 Å². The molecule has 2 aromatic rings. The molecule has 2 aromatic carbocycles. The monoisotopic (exact) mass is 363 g/mol. The van der Waals surface area contributed by atoms with Crippen LogP contribution in [0, 0.1) is 0 Å². The zero-order valence-corrected chi connectivity index (χ0v) is 16.4. The number of anilines is 1. The van der Waals surface area contributed by atoms with Crippen LogP contribution in [0.15, 0.2) is 42.5 Å². The third kappa shape index (κ3) is 3.19. The van der Waals surface area contributed by atoms with Gasteiger partial charge in [0.05, 0.1) is 16.6 Å². The van der Waals surface area contributed by atoms with Gasteiger partial charge in [0.25, 0.3) is 0 Å². The van der Waals surface area contributed by atoms with E-state index in [1.165, 1.54) is 0 Å². The summed E-state index contributed by atoms with van der Waals surface area (Å²) in [6.07, 6.45) is 2.00. The minimum atomic E-state index is -0.0681. The van der Waals surface area contributed by atoms with Gasteiger partial charge in [-0.3, -0.25) is 9.59 Å². The van der Waals surface area contributed by atoms with E-state index in [9.17, 15) is 9.59 Å². The number of hydrogen-bond donors (Lipinski definition) is 2. The average Bonchev–Trinajstić information content (AvgIpc) is 2.57. The van der Waals surface area contributed by atoms with Crippen molar-refractivity contribution in [3.8, 4) is 0 Å². The van der Waals surface area contributed by atoms with E-state index in [-0.39, 0.29) is 28.7 Å². The number of nitrogens with one attached hydrogen (secondary N) is 1. The highest BCUT2D eigenvalue weighted by atomic mass is 16.1. The third-order valence-electron chi connectivity index (χ3n) is 5.64. The molecule has 0 saturated carbocycles. The summed E-state index contributed by atoms with van der Waals surface area (Å²) in [5.74, 6) is -0.134. The van der Waals surface area contributed by atoms with Crippen LogP contribution in [0.25, 0.3) is 0 Å². The van der Waals surface area contributed by atoms with E-state index < -0.39 is 0 Å². The lowest BCUT2D eigenvalue weighted by atomic mass is 9.79. The molecule has 27 heavy (non-hydrogen) atoms. The van der Waals surface area contributed by atoms with Crippen molar-refractivity contribution in [3.05, 3.63) is 64.7 Å². The maximum Gasteiger partial charge on any atom is 0.196 e. The fourth-order valence-electron chi connectivity index (χ4n) is 5.11. The first-order valence-electron chi connectivity index (χ1n) is 9.62. The summed E-state index contributed by atoms with van der Waals surface area (Å²) >= 11 is 0. The molecule has 1 saturated heterocycles. The number of rotatable bonds is 2. The molecule has 1 aliphatic carbocycles. The van der Waals surface area contributed by atoms with Crippen LogP contribution in [0.5, 0.6) is 0 Å². The first-order valence-corrected chi connectivity index (χ1v) is 9.62. The molecule has 140 valence electrons. The van der Waals surface area contributed by atoms with Gasteiger partial charge < -0.3 is 10.6 Å². The normalized spacial score (nSPS) is 20.7. The van der Waals surface area contributed by atoms with E-state index in [0.29, 0.717) is 22.3 Å². The molecule has 0 atom stereocenters. The predicted octanol–water partition coefficient (Wildman–Crippen LogP) is 3.16. The number of carbonyl (C=O) groups is 2. The molecule has 4 heteroatoms. The molecule has 3 N–H and O–H groups in total. The highest BCUT2D eigenvalue weighted by Crippen LogP contribution is 2.33. The Labute approximate surface area is 160 Å². The Morgan fingerprint density at radius 3 is 2.00 bits per heavy atom. The van der Waals surface area contributed by atoms with Crippen LogP contribution < -0.4 is 10.6 Å². The van der Waals surface area contributed by atoms with E-state index >= 15 is 0 Å². The molecule has 0 aromatic heterocycles. The number of piperidine rings is 1. The van der Waals surface area contributed by atoms with Gasteiger partial charge in [-0.05, 0) is 33.8 Å². The predicted molar refractivity (Wildman–Crippen MR) is 106 cm³/mol. The van der Waals surface area contributed by atoms with Crippen LogP contribution in [-0.4, -0.2) is 28.7 Å². The first kappa shape index (κ1) is 17.9. The topological polar surface area (TPSA) is 62.8 Å². The number of fused-ring (bicyclic) bond motifs is 2. The Bertz CT molecular complexity index is 927. The molecule has 0 radical (unpaired) electrons. The van der Waals surface area contributed by atoms with Gasteiger partial charge in [0, 0.05) is 41.3 Å². The van der Waals surface area contributed by atoms with Gasteiger partial charge in [-0.1, -0.05) is 36.4 Å². The molecule has 0 amide bonds. The molecule has 4 rings (SSSR count). The van der Waals surface area contributed by atoms with E-state index in [1.54, 1.807) is 24.3 Å². The summed E-state index contributed by atoms with van der Waals surface area (Å²) in [6, 6.07) is 12.9. The number of carbonyl (C=O) groups excluding carboxylic acids is 2. The van der Waals surface area contributed by atoms with E-state index in [4.69, 9.17) is 0 Å². The number of ketones is 2. The van der Waals surface area contributed by atoms with Crippen molar-refractivity contribution >= 4 is 17.3 Å². The van der Waals surface area contributed by atoms with Crippen LogP contribution in [0.1, 0.15) is 72.4 Å². The van der Waals surface area contributed by atoms with Gasteiger partial charge in [0.1, 0.15) is 0 Å². The second-order valence-corrected chi connectivity index (χ2v) is 9.30. The zero-order valence-electron chi connectivity index (χ0n) is 16.4. The Morgan fingerprint density at radius 2 is 1.37 bits per heavy atom. The molecular weight excluding hydrogens is 336 g/mol. The lowest BCUT2D eigenvalue weighted by Gasteiger charge is -2.43. The zero-order chi connectivity index (χ0) is 19.4. The van der Waals surface area contributed by atoms with Crippen molar-refractivity contribution in [3.63, 3.8) is 0 Å². The smallest absolute Gasteiger partial charge is 0.196 e. The van der Waals surface area contributed by atoms with Crippen LogP contribution in [0.2, 0.25) is 0 Å². The average molecular weight is 363 g/mol. The number of benzene rings is 2. The van der Waals surface area contributed by atoms with Crippen molar-refractivity contribution in [2.24, 2.45) is 0 Å². The van der Waals surface area contributed by atoms with Gasteiger partial charge in [0.15, 0.2) is 11.6 Å². The largest absolute Gasteiger partial charge is 0.381 e. The Balaban J connectivity index is 1.73. The van der Waals surface area contributed by atoms with Crippen LogP contribution in [-0.2, 0) is 0 Å². The summed E-state index contributed by atoms with van der Waals surface area (Å²) in [5.41, 5.74) is 3.06. The lowest BCUT2D eigenvalue weighted by molar-refractivity contribution is -0.787. The molecule has 1 heterocycles. The number of nitrogens with two attached hydrogens (primary N) is 1. The Kier molecular flexibility index (Phi) is 4.00. The second kappa shape index (κ2) is 6.03. The van der Waals surface area contributed by atoms with Crippen LogP contribution >= 0.6 is 0 Å². The van der Waals surface area contributed by atoms with Gasteiger partial charge in [-0.15, -0.1) is 0 Å². The fourth-order valence-corrected chi connectivity index (χ4v) is 5.11. The summed E-state index contributed by atoms with van der Waals surface area (Å²) < 4.78 is 0. The van der Waals surface area contributed by atoms with Gasteiger partial charge in [0.2, 0.25) is 0 Å². The minimum Gasteiger partial charge on any atom is -0.381 e. The molecule has 0 bridgehead atoms. The highest BCUT2D eigenvalue weighted by molar-refractivity contribution is 6.30. The Hall–Kier alpha value is -2.46. The minimum absolute atomic E-state index is 0.0656. The second-order valence-electron chi connectivity index (χ2n) is 9.30. The third-order valence-corrected chi connectivity index (χ3v) is 5.64. The van der Waals surface area contributed by atoms with Crippen molar-refractivity contribution < 1.29 is 14.9 Å². The highest BCUT2D eigenvalue weighted by Gasteiger charge is 2.42. The van der Waals surface area contributed by atoms with Gasteiger partial charge in [-0.25, -0.2) is 0 Å². The number of hydrogen-bond acceptors (Lipinski definition) is 3. The SMILES string of the molecule is CC1(C)CC(Nc2cccc3c2C(=O)c2ccccc2C3=O)CC(C)(C)[NH2+]1. The van der Waals surface area contributed by atoms with E-state index in [0.717, 1.165) is 18.5 Å². The molecule has 0 unspecified atom stereocenters. The van der Waals surface area contributed by atoms with Crippen LogP contribution in [0.3, 0.4) is 0 Å². The maximum absolute atomic E-state index is 13.2.